The van der Waals surface area contributed by atoms with Crippen molar-refractivity contribution in [3.8, 4) is 11.5 Å². The number of nitrogens with zero attached hydrogens (tertiary/aromatic N) is 2. The monoisotopic (exact) mass is 430 g/mol. The van der Waals surface area contributed by atoms with Gasteiger partial charge in [0.25, 0.3) is 0 Å². The van der Waals surface area contributed by atoms with E-state index >= 15 is 0 Å². The molecule has 10 heteroatoms. The molecule has 0 spiro atoms. The van der Waals surface area contributed by atoms with Gasteiger partial charge in [-0.1, -0.05) is 0 Å². The molecule has 31 heavy (non-hydrogen) atoms. The molecule has 4 aromatic rings. The molecule has 4 rings (SSSR count). The van der Waals surface area contributed by atoms with Gasteiger partial charge < -0.3 is 19.8 Å². The van der Waals surface area contributed by atoms with E-state index in [2.05, 4.69) is 15.6 Å². The van der Waals surface area contributed by atoms with Crippen LogP contribution in [0.15, 0.2) is 73.2 Å². The van der Waals surface area contributed by atoms with Crippen molar-refractivity contribution in [3.05, 3.63) is 84.6 Å². The molecule has 0 atom stereocenters. The van der Waals surface area contributed by atoms with Crippen LogP contribution in [-0.2, 0) is 6.18 Å². The zero-order chi connectivity index (χ0) is 22.0. The summed E-state index contributed by atoms with van der Waals surface area (Å²) in [5.41, 5.74) is -0.693. The molecule has 2 aromatic carbocycles. The fourth-order valence-corrected chi connectivity index (χ4v) is 2.82. The van der Waals surface area contributed by atoms with E-state index in [-0.39, 0.29) is 0 Å². The van der Waals surface area contributed by atoms with Crippen LogP contribution in [0.4, 0.5) is 33.7 Å². The van der Waals surface area contributed by atoms with Crippen LogP contribution in [0.1, 0.15) is 5.56 Å². The summed E-state index contributed by atoms with van der Waals surface area (Å²) in [6.45, 7) is 0. The van der Waals surface area contributed by atoms with Crippen molar-refractivity contribution in [2.45, 2.75) is 6.18 Å². The van der Waals surface area contributed by atoms with Crippen molar-refractivity contribution < 1.29 is 27.1 Å². The minimum Gasteiger partial charge on any atom is -0.453 e. The molecule has 0 unspecified atom stereocenters. The number of halogens is 4. The Balaban J connectivity index is 1.42. The van der Waals surface area contributed by atoms with Crippen LogP contribution < -0.4 is 15.4 Å². The number of hydrogen-bond donors (Lipinski definition) is 2. The first-order valence-electron chi connectivity index (χ1n) is 8.94. The maximum absolute atomic E-state index is 13.8. The van der Waals surface area contributed by atoms with Crippen LogP contribution in [0.5, 0.6) is 11.5 Å². The average molecular weight is 430 g/mol. The average Bonchev–Trinajstić information content (AvgIpc) is 3.20. The molecule has 0 bridgehead atoms. The Morgan fingerprint density at radius 3 is 2.52 bits per heavy atom. The number of nitrogens with one attached hydrogen (secondary N) is 2. The van der Waals surface area contributed by atoms with Crippen molar-refractivity contribution in [3.63, 3.8) is 0 Å². The fourth-order valence-electron chi connectivity index (χ4n) is 2.82. The third kappa shape index (κ3) is 4.58. The van der Waals surface area contributed by atoms with E-state index in [4.69, 9.17) is 4.74 Å². The van der Waals surface area contributed by atoms with Gasteiger partial charge in [-0.3, -0.25) is 0 Å². The first-order valence-corrected chi connectivity index (χ1v) is 8.94. The number of aromatic nitrogens is 2. The first kappa shape index (κ1) is 20.2. The lowest BCUT2D eigenvalue weighted by atomic mass is 10.2. The van der Waals surface area contributed by atoms with Gasteiger partial charge in [-0.25, -0.2) is 14.2 Å². The van der Waals surface area contributed by atoms with Gasteiger partial charge in [-0.2, -0.15) is 13.2 Å². The van der Waals surface area contributed by atoms with Crippen molar-refractivity contribution in [1.82, 2.24) is 9.38 Å². The minimum absolute atomic E-state index is 0.330. The predicted molar refractivity (Wildman–Crippen MR) is 106 cm³/mol. The van der Waals surface area contributed by atoms with E-state index in [1.54, 1.807) is 41.1 Å². The molecule has 0 saturated carbocycles. The highest BCUT2D eigenvalue weighted by Crippen LogP contribution is 2.32. The predicted octanol–water partition coefficient (Wildman–Crippen LogP) is 5.93. The molecule has 0 saturated heterocycles. The van der Waals surface area contributed by atoms with Gasteiger partial charge in [0, 0.05) is 24.3 Å². The number of alkyl halides is 3. The number of urea groups is 1. The van der Waals surface area contributed by atoms with Gasteiger partial charge in [0.1, 0.15) is 11.6 Å². The van der Waals surface area contributed by atoms with Crippen LogP contribution in [0.3, 0.4) is 0 Å². The Labute approximate surface area is 173 Å². The Morgan fingerprint density at radius 2 is 1.77 bits per heavy atom. The molecular weight excluding hydrogens is 416 g/mol. The van der Waals surface area contributed by atoms with E-state index in [9.17, 15) is 22.4 Å². The van der Waals surface area contributed by atoms with E-state index in [0.717, 1.165) is 0 Å². The number of carbonyl (C=O) groups excluding carboxylic acids is 1. The van der Waals surface area contributed by atoms with Crippen LogP contribution in [0.2, 0.25) is 0 Å². The van der Waals surface area contributed by atoms with Crippen molar-refractivity contribution in [1.29, 1.82) is 0 Å². The van der Waals surface area contributed by atoms with E-state index in [1.807, 2.05) is 6.20 Å². The van der Waals surface area contributed by atoms with Gasteiger partial charge in [-0.05, 0) is 54.6 Å². The van der Waals surface area contributed by atoms with E-state index in [0.29, 0.717) is 41.0 Å². The fraction of sp³-hybridized carbons (Fsp3) is 0.0476. The number of fused-ring (bicyclic) bond motifs is 1. The first-order chi connectivity index (χ1) is 14.8. The molecule has 0 aliphatic carbocycles. The molecule has 2 N–H and O–H groups in total. The van der Waals surface area contributed by atoms with Crippen LogP contribution in [0.25, 0.3) is 5.65 Å². The van der Waals surface area contributed by atoms with E-state index < -0.39 is 29.3 Å². The zero-order valence-corrected chi connectivity index (χ0v) is 15.7. The second kappa shape index (κ2) is 7.98. The number of pyridine rings is 1. The summed E-state index contributed by atoms with van der Waals surface area (Å²) >= 11 is 0. The third-order valence-corrected chi connectivity index (χ3v) is 4.27. The molecule has 2 heterocycles. The van der Waals surface area contributed by atoms with Gasteiger partial charge in [0.2, 0.25) is 0 Å². The number of carbonyl (C=O) groups is 1. The summed E-state index contributed by atoms with van der Waals surface area (Å²) in [6.07, 6.45) is 0.591. The summed E-state index contributed by atoms with van der Waals surface area (Å²) < 4.78 is 59.7. The Morgan fingerprint density at radius 1 is 1.00 bits per heavy atom. The molecule has 0 radical (unpaired) electrons. The molecule has 0 aliphatic rings. The summed E-state index contributed by atoms with van der Waals surface area (Å²) in [7, 11) is 0. The van der Waals surface area contributed by atoms with Gasteiger partial charge in [-0.15, -0.1) is 0 Å². The molecule has 0 aliphatic heterocycles. The number of ether oxygens (including phenoxy) is 1. The maximum atomic E-state index is 13.8. The van der Waals surface area contributed by atoms with Gasteiger partial charge in [0.05, 0.1) is 11.3 Å². The molecule has 2 aromatic heterocycles. The van der Waals surface area contributed by atoms with Gasteiger partial charge >= 0.3 is 12.2 Å². The minimum atomic E-state index is -4.66. The molecular formula is C21H14F4N4O2. The van der Waals surface area contributed by atoms with Crippen LogP contribution in [0, 0.1) is 5.82 Å². The second-order valence-electron chi connectivity index (χ2n) is 6.43. The number of rotatable bonds is 4. The standard InChI is InChI=1S/C21H14F4N4O2/c22-16-8-3-13(21(23,24)25)12-17(16)28-20(30)27-14-4-6-15(7-5-14)31-18-2-1-10-29-11-9-26-19(18)29/h1-12H,(H2,27,28,30). The lowest BCUT2D eigenvalue weighted by molar-refractivity contribution is -0.137. The molecule has 158 valence electrons. The highest BCUT2D eigenvalue weighted by molar-refractivity contribution is 5.99. The Kier molecular flexibility index (Phi) is 5.20. The Hall–Kier alpha value is -4.08. The van der Waals surface area contributed by atoms with Crippen molar-refractivity contribution in [2.24, 2.45) is 0 Å². The topological polar surface area (TPSA) is 67.7 Å². The van der Waals surface area contributed by atoms with Crippen LogP contribution >= 0.6 is 0 Å². The lowest BCUT2D eigenvalue weighted by Gasteiger charge is -2.12. The molecule has 0 fully saturated rings. The quantitative estimate of drug-likeness (QED) is 0.395. The number of amides is 2. The van der Waals surface area contributed by atoms with Crippen molar-refractivity contribution in [2.75, 3.05) is 10.6 Å². The normalized spacial score (nSPS) is 11.4. The van der Waals surface area contributed by atoms with Gasteiger partial charge in [0.15, 0.2) is 11.4 Å². The summed E-state index contributed by atoms with van der Waals surface area (Å²) in [6, 6.07) is 10.7. The maximum Gasteiger partial charge on any atom is 0.416 e. The Bertz CT molecular complexity index is 1240. The SMILES string of the molecule is O=C(Nc1ccc(Oc2cccn3ccnc23)cc1)Nc1cc(C(F)(F)F)ccc1F. The number of anilines is 2. The highest BCUT2D eigenvalue weighted by Gasteiger charge is 2.31. The van der Waals surface area contributed by atoms with Crippen LogP contribution in [-0.4, -0.2) is 15.4 Å². The smallest absolute Gasteiger partial charge is 0.416 e. The summed E-state index contributed by atoms with van der Waals surface area (Å²) in [4.78, 5) is 16.3. The third-order valence-electron chi connectivity index (χ3n) is 4.27. The number of benzene rings is 2. The largest absolute Gasteiger partial charge is 0.453 e. The van der Waals surface area contributed by atoms with Crippen molar-refractivity contribution >= 4 is 23.1 Å². The molecule has 2 amide bonds. The highest BCUT2D eigenvalue weighted by atomic mass is 19.4. The summed E-state index contributed by atoms with van der Waals surface area (Å²) in [5, 5.41) is 4.50. The summed E-state index contributed by atoms with van der Waals surface area (Å²) in [5.74, 6) is 0.0250. The zero-order valence-electron chi connectivity index (χ0n) is 15.7. The lowest BCUT2D eigenvalue weighted by Crippen LogP contribution is -2.20. The van der Waals surface area contributed by atoms with E-state index in [1.165, 1.54) is 12.1 Å². The number of hydrogen-bond acceptors (Lipinski definition) is 3. The molecule has 6 nitrogen and oxygen atoms in total. The second-order valence-corrected chi connectivity index (χ2v) is 6.43. The number of imidazole rings is 1.